The molecule has 2 N–H and O–H groups in total. The van der Waals surface area contributed by atoms with E-state index in [0.717, 1.165) is 24.2 Å². The number of nitrogens with one attached hydrogen (secondary N) is 2. The molecular formula is C16H19FN4O2. The van der Waals surface area contributed by atoms with E-state index < -0.39 is 0 Å². The highest BCUT2D eigenvalue weighted by atomic mass is 19.1. The minimum Gasteiger partial charge on any atom is -0.355 e. The molecule has 1 saturated heterocycles. The van der Waals surface area contributed by atoms with Gasteiger partial charge in [0.25, 0.3) is 0 Å². The molecule has 1 aliphatic rings. The van der Waals surface area contributed by atoms with E-state index in [1.54, 1.807) is 11.0 Å². The number of hydrogen-bond donors (Lipinski definition) is 2. The van der Waals surface area contributed by atoms with Gasteiger partial charge in [-0.15, -0.1) is 0 Å². The van der Waals surface area contributed by atoms with Gasteiger partial charge in [0.1, 0.15) is 11.6 Å². The van der Waals surface area contributed by atoms with Crippen molar-refractivity contribution >= 4 is 22.8 Å². The first-order valence-electron chi connectivity index (χ1n) is 7.80. The third-order valence-corrected chi connectivity index (χ3v) is 3.91. The molecule has 1 aromatic carbocycles. The Bertz CT molecular complexity index is 728. The Morgan fingerprint density at radius 3 is 3.09 bits per heavy atom. The number of H-pyrrole nitrogens is 1. The topological polar surface area (TPSA) is 78.1 Å². The monoisotopic (exact) mass is 318 g/mol. The molecule has 0 aliphatic carbocycles. The average molecular weight is 318 g/mol. The number of amides is 2. The number of aryl methyl sites for hydroxylation is 1. The lowest BCUT2D eigenvalue weighted by molar-refractivity contribution is -0.133. The second kappa shape index (κ2) is 6.76. The molecule has 0 radical (unpaired) electrons. The Morgan fingerprint density at radius 1 is 1.43 bits per heavy atom. The summed E-state index contributed by atoms with van der Waals surface area (Å²) in [5, 5.41) is 2.81. The van der Waals surface area contributed by atoms with E-state index in [9.17, 15) is 14.0 Å². The number of likely N-dealkylation sites (tertiary alicyclic amines) is 1. The van der Waals surface area contributed by atoms with Crippen molar-refractivity contribution in [1.29, 1.82) is 0 Å². The number of fused-ring (bicyclic) bond motifs is 1. The zero-order valence-electron chi connectivity index (χ0n) is 12.8. The smallest absolute Gasteiger partial charge is 0.239 e. The second-order valence-electron chi connectivity index (χ2n) is 5.72. The Hall–Kier alpha value is -2.44. The molecule has 122 valence electrons. The normalized spacial score (nSPS) is 14.7. The molecule has 1 fully saturated rings. The highest BCUT2D eigenvalue weighted by molar-refractivity contribution is 5.85. The molecule has 0 spiro atoms. The molecule has 0 saturated carbocycles. The summed E-state index contributed by atoms with van der Waals surface area (Å²) in [6, 6.07) is 4.44. The maximum atomic E-state index is 13.1. The number of nitrogens with zero attached hydrogens (tertiary/aromatic N) is 2. The van der Waals surface area contributed by atoms with Gasteiger partial charge in [0.05, 0.1) is 17.6 Å². The van der Waals surface area contributed by atoms with Crippen molar-refractivity contribution in [3.63, 3.8) is 0 Å². The van der Waals surface area contributed by atoms with Gasteiger partial charge in [0.15, 0.2) is 0 Å². The fourth-order valence-electron chi connectivity index (χ4n) is 2.74. The van der Waals surface area contributed by atoms with E-state index in [-0.39, 0.29) is 24.2 Å². The molecule has 0 bridgehead atoms. The summed E-state index contributed by atoms with van der Waals surface area (Å²) in [6.07, 6.45) is 2.76. The van der Waals surface area contributed by atoms with Gasteiger partial charge in [-0.25, -0.2) is 9.37 Å². The van der Waals surface area contributed by atoms with Crippen LogP contribution in [0.3, 0.4) is 0 Å². The number of hydrogen-bond acceptors (Lipinski definition) is 3. The third-order valence-electron chi connectivity index (χ3n) is 3.91. The molecule has 7 heteroatoms. The summed E-state index contributed by atoms with van der Waals surface area (Å²) in [7, 11) is 0. The van der Waals surface area contributed by atoms with Gasteiger partial charge in [-0.1, -0.05) is 0 Å². The fourth-order valence-corrected chi connectivity index (χ4v) is 2.74. The SMILES string of the molecule is O=C(CN1CCCC1=O)NCCCc1nc2ccc(F)cc2[nH]1. The van der Waals surface area contributed by atoms with Crippen LogP contribution >= 0.6 is 0 Å². The lowest BCUT2D eigenvalue weighted by Crippen LogP contribution is -2.38. The summed E-state index contributed by atoms with van der Waals surface area (Å²) in [5.41, 5.74) is 1.41. The quantitative estimate of drug-likeness (QED) is 0.790. The predicted molar refractivity (Wildman–Crippen MR) is 83.2 cm³/mol. The molecule has 0 unspecified atom stereocenters. The molecule has 1 aromatic heterocycles. The Morgan fingerprint density at radius 2 is 2.30 bits per heavy atom. The number of benzene rings is 1. The highest BCUT2D eigenvalue weighted by Crippen LogP contribution is 2.13. The number of aromatic amines is 1. The Kier molecular flexibility index (Phi) is 4.55. The van der Waals surface area contributed by atoms with Crippen molar-refractivity contribution < 1.29 is 14.0 Å². The van der Waals surface area contributed by atoms with E-state index in [1.165, 1.54) is 12.1 Å². The van der Waals surface area contributed by atoms with E-state index in [1.807, 2.05) is 0 Å². The number of aromatic nitrogens is 2. The summed E-state index contributed by atoms with van der Waals surface area (Å²) in [5.74, 6) is 0.396. The van der Waals surface area contributed by atoms with Crippen LogP contribution in [-0.4, -0.2) is 46.3 Å². The first kappa shape index (κ1) is 15.5. The first-order chi connectivity index (χ1) is 11.1. The fraction of sp³-hybridized carbons (Fsp3) is 0.438. The number of rotatable bonds is 6. The molecule has 2 amide bonds. The van der Waals surface area contributed by atoms with Crippen LogP contribution in [0.2, 0.25) is 0 Å². The maximum Gasteiger partial charge on any atom is 0.239 e. The number of halogens is 1. The molecule has 0 atom stereocenters. The number of imidazole rings is 1. The van der Waals surface area contributed by atoms with Crippen LogP contribution in [-0.2, 0) is 16.0 Å². The average Bonchev–Trinajstić information content (AvgIpc) is 3.09. The van der Waals surface area contributed by atoms with Gasteiger partial charge in [-0.2, -0.15) is 0 Å². The van der Waals surface area contributed by atoms with Gasteiger partial charge in [-0.05, 0) is 31.0 Å². The lowest BCUT2D eigenvalue weighted by Gasteiger charge is -2.14. The standard InChI is InChI=1S/C16H19FN4O2/c17-11-5-6-12-13(9-11)20-14(19-12)3-1-7-18-15(22)10-21-8-2-4-16(21)23/h5-6,9H,1-4,7-8,10H2,(H,18,22)(H,19,20). The maximum absolute atomic E-state index is 13.1. The molecule has 2 aromatic rings. The predicted octanol–water partition coefficient (Wildman–Crippen LogP) is 1.37. The largest absolute Gasteiger partial charge is 0.355 e. The van der Waals surface area contributed by atoms with E-state index >= 15 is 0 Å². The van der Waals surface area contributed by atoms with Crippen LogP contribution in [0.15, 0.2) is 18.2 Å². The molecule has 1 aliphatic heterocycles. The van der Waals surface area contributed by atoms with Gasteiger partial charge in [0.2, 0.25) is 11.8 Å². The Labute approximate surface area is 133 Å². The summed E-state index contributed by atoms with van der Waals surface area (Å²) in [4.78, 5) is 32.2. The van der Waals surface area contributed by atoms with Crippen LogP contribution in [0.5, 0.6) is 0 Å². The number of carbonyl (C=O) groups excluding carboxylic acids is 2. The van der Waals surface area contributed by atoms with Gasteiger partial charge in [-0.3, -0.25) is 9.59 Å². The molecular weight excluding hydrogens is 299 g/mol. The Balaban J connectivity index is 1.42. The zero-order chi connectivity index (χ0) is 16.2. The number of carbonyl (C=O) groups is 2. The molecule has 2 heterocycles. The van der Waals surface area contributed by atoms with Crippen molar-refractivity contribution in [3.05, 3.63) is 29.8 Å². The van der Waals surface area contributed by atoms with Gasteiger partial charge < -0.3 is 15.2 Å². The van der Waals surface area contributed by atoms with Crippen molar-refractivity contribution in [2.75, 3.05) is 19.6 Å². The zero-order valence-corrected chi connectivity index (χ0v) is 12.8. The minimum absolute atomic E-state index is 0.0506. The van der Waals surface area contributed by atoms with Crippen molar-refractivity contribution in [2.45, 2.75) is 25.7 Å². The molecule has 23 heavy (non-hydrogen) atoms. The van der Waals surface area contributed by atoms with Crippen LogP contribution in [0.4, 0.5) is 4.39 Å². The lowest BCUT2D eigenvalue weighted by atomic mass is 10.3. The summed E-state index contributed by atoms with van der Waals surface area (Å²) >= 11 is 0. The van der Waals surface area contributed by atoms with E-state index in [4.69, 9.17) is 0 Å². The van der Waals surface area contributed by atoms with Gasteiger partial charge in [0, 0.05) is 25.9 Å². The second-order valence-corrected chi connectivity index (χ2v) is 5.72. The van der Waals surface area contributed by atoms with Crippen molar-refractivity contribution in [1.82, 2.24) is 20.2 Å². The van der Waals surface area contributed by atoms with Gasteiger partial charge >= 0.3 is 0 Å². The van der Waals surface area contributed by atoms with Crippen LogP contribution in [0, 0.1) is 5.82 Å². The van der Waals surface area contributed by atoms with Crippen LogP contribution in [0.1, 0.15) is 25.1 Å². The van der Waals surface area contributed by atoms with E-state index in [2.05, 4.69) is 15.3 Å². The first-order valence-corrected chi connectivity index (χ1v) is 7.80. The van der Waals surface area contributed by atoms with Crippen molar-refractivity contribution in [3.8, 4) is 0 Å². The van der Waals surface area contributed by atoms with Crippen LogP contribution in [0.25, 0.3) is 11.0 Å². The van der Waals surface area contributed by atoms with E-state index in [0.29, 0.717) is 31.4 Å². The highest BCUT2D eigenvalue weighted by Gasteiger charge is 2.21. The van der Waals surface area contributed by atoms with Crippen LogP contribution < -0.4 is 5.32 Å². The van der Waals surface area contributed by atoms with Crippen molar-refractivity contribution in [2.24, 2.45) is 0 Å². The summed E-state index contributed by atoms with van der Waals surface area (Å²) in [6.45, 7) is 1.33. The summed E-state index contributed by atoms with van der Waals surface area (Å²) < 4.78 is 13.1. The minimum atomic E-state index is -0.295. The third kappa shape index (κ3) is 3.85. The molecule has 6 nitrogen and oxygen atoms in total. The molecule has 3 rings (SSSR count).